The predicted octanol–water partition coefficient (Wildman–Crippen LogP) is 3.48. The van der Waals surface area contributed by atoms with Crippen molar-refractivity contribution in [1.29, 1.82) is 0 Å². The van der Waals surface area contributed by atoms with Gasteiger partial charge in [0, 0.05) is 23.4 Å². The van der Waals surface area contributed by atoms with Crippen LogP contribution >= 0.6 is 11.8 Å². The molecule has 0 unspecified atom stereocenters. The number of hydrogen-bond acceptors (Lipinski definition) is 3. The van der Waals surface area contributed by atoms with Crippen molar-refractivity contribution in [3.05, 3.63) is 59.9 Å². The summed E-state index contributed by atoms with van der Waals surface area (Å²) in [5.41, 5.74) is 2.46. The number of hydrogen-bond donors (Lipinski definition) is 1. The first-order valence-corrected chi connectivity index (χ1v) is 7.19. The normalized spacial score (nSPS) is 10.5. The highest BCUT2D eigenvalue weighted by Gasteiger charge is 1.97. The molecule has 94 valence electrons. The molecule has 0 aliphatic heterocycles. The molecule has 0 saturated heterocycles. The summed E-state index contributed by atoms with van der Waals surface area (Å²) in [6, 6.07) is 14.8. The number of nitrogens with one attached hydrogen (secondary N) is 1. The Hall–Kier alpha value is -1.32. The van der Waals surface area contributed by atoms with Gasteiger partial charge in [-0.05, 0) is 36.4 Å². The molecule has 1 aromatic carbocycles. The van der Waals surface area contributed by atoms with E-state index in [9.17, 15) is 0 Å². The lowest BCUT2D eigenvalue weighted by atomic mass is 10.2. The van der Waals surface area contributed by atoms with Crippen molar-refractivity contribution < 1.29 is 0 Å². The third kappa shape index (κ3) is 4.17. The monoisotopic (exact) mass is 258 g/mol. The van der Waals surface area contributed by atoms with E-state index < -0.39 is 0 Å². The van der Waals surface area contributed by atoms with Crippen molar-refractivity contribution in [2.45, 2.75) is 24.1 Å². The van der Waals surface area contributed by atoms with E-state index in [1.807, 2.05) is 30.1 Å². The van der Waals surface area contributed by atoms with Gasteiger partial charge in [-0.25, -0.2) is 0 Å². The van der Waals surface area contributed by atoms with Crippen molar-refractivity contribution in [3.8, 4) is 0 Å². The van der Waals surface area contributed by atoms with Crippen LogP contribution < -0.4 is 5.32 Å². The van der Waals surface area contributed by atoms with E-state index in [-0.39, 0.29) is 0 Å². The Morgan fingerprint density at radius 2 is 1.94 bits per heavy atom. The maximum Gasteiger partial charge on any atom is 0.0506 e. The highest BCUT2D eigenvalue weighted by atomic mass is 32.2. The summed E-state index contributed by atoms with van der Waals surface area (Å²) in [6.45, 7) is 4.08. The van der Waals surface area contributed by atoms with Crippen molar-refractivity contribution in [2.75, 3.05) is 6.54 Å². The zero-order chi connectivity index (χ0) is 12.6. The van der Waals surface area contributed by atoms with Crippen molar-refractivity contribution in [2.24, 2.45) is 0 Å². The fourth-order valence-corrected chi connectivity index (χ4v) is 2.43. The highest BCUT2D eigenvalue weighted by molar-refractivity contribution is 7.98. The second-order valence-corrected chi connectivity index (χ2v) is 5.08. The first kappa shape index (κ1) is 13.1. The van der Waals surface area contributed by atoms with Gasteiger partial charge in [-0.2, -0.15) is 0 Å². The SMILES string of the molecule is CCNCc1ccc(SCc2ccccn2)cc1. The number of rotatable bonds is 6. The van der Waals surface area contributed by atoms with Crippen LogP contribution in [0.2, 0.25) is 0 Å². The van der Waals surface area contributed by atoms with Crippen molar-refractivity contribution >= 4 is 11.8 Å². The number of pyridine rings is 1. The molecule has 0 atom stereocenters. The van der Waals surface area contributed by atoms with Gasteiger partial charge in [0.1, 0.15) is 0 Å². The number of thioether (sulfide) groups is 1. The number of nitrogens with zero attached hydrogens (tertiary/aromatic N) is 1. The van der Waals surface area contributed by atoms with Gasteiger partial charge in [0.25, 0.3) is 0 Å². The van der Waals surface area contributed by atoms with Gasteiger partial charge in [-0.3, -0.25) is 4.98 Å². The molecule has 2 rings (SSSR count). The van der Waals surface area contributed by atoms with Gasteiger partial charge in [0.05, 0.1) is 5.69 Å². The zero-order valence-electron chi connectivity index (χ0n) is 10.6. The summed E-state index contributed by atoms with van der Waals surface area (Å²) in [4.78, 5) is 5.61. The molecule has 2 nitrogen and oxygen atoms in total. The third-order valence-electron chi connectivity index (χ3n) is 2.62. The molecular formula is C15H18N2S. The Labute approximate surface area is 113 Å². The van der Waals surface area contributed by atoms with Crippen LogP contribution in [0.4, 0.5) is 0 Å². The fraction of sp³-hybridized carbons (Fsp3) is 0.267. The molecule has 0 saturated carbocycles. The minimum absolute atomic E-state index is 0.924. The van der Waals surface area contributed by atoms with E-state index in [0.29, 0.717) is 0 Å². The van der Waals surface area contributed by atoms with E-state index in [1.54, 1.807) is 0 Å². The molecule has 0 fully saturated rings. The molecule has 18 heavy (non-hydrogen) atoms. The zero-order valence-corrected chi connectivity index (χ0v) is 11.4. The van der Waals surface area contributed by atoms with E-state index in [1.165, 1.54) is 10.5 Å². The molecule has 2 aromatic rings. The van der Waals surface area contributed by atoms with Gasteiger partial charge in [0.2, 0.25) is 0 Å². The van der Waals surface area contributed by atoms with Gasteiger partial charge in [-0.1, -0.05) is 25.1 Å². The molecule has 1 aromatic heterocycles. The molecular weight excluding hydrogens is 240 g/mol. The van der Waals surface area contributed by atoms with Gasteiger partial charge < -0.3 is 5.32 Å². The molecule has 0 bridgehead atoms. The van der Waals surface area contributed by atoms with E-state index >= 15 is 0 Å². The van der Waals surface area contributed by atoms with Crippen LogP contribution in [0.25, 0.3) is 0 Å². The lowest BCUT2D eigenvalue weighted by Gasteiger charge is -2.04. The number of aromatic nitrogens is 1. The summed E-state index contributed by atoms with van der Waals surface area (Å²) in [6.07, 6.45) is 1.84. The largest absolute Gasteiger partial charge is 0.313 e. The number of benzene rings is 1. The lowest BCUT2D eigenvalue weighted by Crippen LogP contribution is -2.11. The summed E-state index contributed by atoms with van der Waals surface area (Å²) < 4.78 is 0. The Morgan fingerprint density at radius 3 is 2.61 bits per heavy atom. The Bertz CT molecular complexity index is 454. The van der Waals surface area contributed by atoms with Crippen LogP contribution in [0.3, 0.4) is 0 Å². The Morgan fingerprint density at radius 1 is 1.11 bits per heavy atom. The first-order valence-electron chi connectivity index (χ1n) is 6.21. The quantitative estimate of drug-likeness (QED) is 0.803. The van der Waals surface area contributed by atoms with Crippen LogP contribution in [0, 0.1) is 0 Å². The van der Waals surface area contributed by atoms with Gasteiger partial charge >= 0.3 is 0 Å². The second-order valence-electron chi connectivity index (χ2n) is 4.03. The summed E-state index contributed by atoms with van der Waals surface area (Å²) in [5, 5.41) is 3.33. The molecule has 0 spiro atoms. The fourth-order valence-electron chi connectivity index (χ4n) is 1.61. The predicted molar refractivity (Wildman–Crippen MR) is 77.6 cm³/mol. The smallest absolute Gasteiger partial charge is 0.0506 e. The molecule has 0 aliphatic carbocycles. The molecule has 1 heterocycles. The van der Waals surface area contributed by atoms with Gasteiger partial charge in [0.15, 0.2) is 0 Å². The first-order chi connectivity index (χ1) is 8.88. The topological polar surface area (TPSA) is 24.9 Å². The minimum atomic E-state index is 0.924. The maximum absolute atomic E-state index is 4.32. The molecule has 0 radical (unpaired) electrons. The van der Waals surface area contributed by atoms with Crippen molar-refractivity contribution in [3.63, 3.8) is 0 Å². The van der Waals surface area contributed by atoms with E-state index in [4.69, 9.17) is 0 Å². The van der Waals surface area contributed by atoms with Gasteiger partial charge in [-0.15, -0.1) is 11.8 Å². The molecule has 0 aliphatic rings. The second kappa shape index (κ2) is 7.19. The summed E-state index contributed by atoms with van der Waals surface area (Å²) in [5.74, 6) is 0.924. The minimum Gasteiger partial charge on any atom is -0.313 e. The van der Waals surface area contributed by atoms with E-state index in [0.717, 1.165) is 24.5 Å². The average Bonchev–Trinajstić information content (AvgIpc) is 2.45. The summed E-state index contributed by atoms with van der Waals surface area (Å²) in [7, 11) is 0. The molecule has 1 N–H and O–H groups in total. The standard InChI is InChI=1S/C15H18N2S/c1-2-16-11-13-6-8-15(9-7-13)18-12-14-5-3-4-10-17-14/h3-10,16H,2,11-12H2,1H3. The average molecular weight is 258 g/mol. The molecule has 3 heteroatoms. The Balaban J connectivity index is 1.86. The van der Waals surface area contributed by atoms with Crippen LogP contribution in [0.5, 0.6) is 0 Å². The Kier molecular flexibility index (Phi) is 5.24. The van der Waals surface area contributed by atoms with Crippen LogP contribution in [0.15, 0.2) is 53.6 Å². The summed E-state index contributed by atoms with van der Waals surface area (Å²) >= 11 is 1.82. The van der Waals surface area contributed by atoms with Crippen molar-refractivity contribution in [1.82, 2.24) is 10.3 Å². The van der Waals surface area contributed by atoms with Crippen LogP contribution in [0.1, 0.15) is 18.2 Å². The van der Waals surface area contributed by atoms with Crippen LogP contribution in [-0.4, -0.2) is 11.5 Å². The third-order valence-corrected chi connectivity index (χ3v) is 3.66. The highest BCUT2D eigenvalue weighted by Crippen LogP contribution is 2.22. The van der Waals surface area contributed by atoms with E-state index in [2.05, 4.69) is 47.6 Å². The van der Waals surface area contributed by atoms with Crippen LogP contribution in [-0.2, 0) is 12.3 Å². The molecule has 0 amide bonds. The maximum atomic E-state index is 4.32. The lowest BCUT2D eigenvalue weighted by molar-refractivity contribution is 0.726.